The minimum Gasteiger partial charge on any atom is -0.323 e. The lowest BCUT2D eigenvalue weighted by Crippen LogP contribution is -2.13. The van der Waals surface area contributed by atoms with Gasteiger partial charge in [-0.15, -0.1) is 11.3 Å². The number of rotatable bonds is 5. The number of hydrogen-bond acceptors (Lipinski definition) is 5. The Hall–Kier alpha value is -1.60. The van der Waals surface area contributed by atoms with E-state index in [1.54, 1.807) is 23.1 Å². The van der Waals surface area contributed by atoms with E-state index in [-0.39, 0.29) is 10.8 Å². The molecule has 0 fully saturated rings. The van der Waals surface area contributed by atoms with Crippen LogP contribution in [0.2, 0.25) is 0 Å². The van der Waals surface area contributed by atoms with Crippen molar-refractivity contribution in [3.8, 4) is 0 Å². The van der Waals surface area contributed by atoms with Crippen molar-refractivity contribution >= 4 is 33.3 Å². The van der Waals surface area contributed by atoms with E-state index in [9.17, 15) is 4.79 Å². The van der Waals surface area contributed by atoms with Gasteiger partial charge in [0.1, 0.15) is 10.7 Å². The molecule has 0 radical (unpaired) electrons. The molecule has 5 nitrogen and oxygen atoms in total. The van der Waals surface area contributed by atoms with Crippen LogP contribution in [0.3, 0.4) is 0 Å². The number of thiophene rings is 1. The molecule has 0 spiro atoms. The van der Waals surface area contributed by atoms with Crippen molar-refractivity contribution in [3.63, 3.8) is 0 Å². The van der Waals surface area contributed by atoms with Crippen molar-refractivity contribution in [2.75, 3.05) is 0 Å². The fourth-order valence-corrected chi connectivity index (χ4v) is 5.08. The number of nitrogens with one attached hydrogen (secondary N) is 1. The Kier molecular flexibility index (Phi) is 5.30. The molecule has 0 aliphatic heterocycles. The van der Waals surface area contributed by atoms with Gasteiger partial charge < -0.3 is 9.55 Å². The van der Waals surface area contributed by atoms with Crippen LogP contribution in [0.25, 0.3) is 10.2 Å². The van der Waals surface area contributed by atoms with Crippen LogP contribution in [0.1, 0.15) is 53.7 Å². The summed E-state index contributed by atoms with van der Waals surface area (Å²) in [5.41, 5.74) is 3.25. The number of H-pyrrole nitrogens is 1. The standard InChI is InChI=1S/C19H26N4OS2/c1-9(2)8-23-12(5)11(4)20-19(23)26-14(7)16-21-17(24)15-10(3)13(6)25-18(15)22-16/h9,14H,8H2,1-7H3,(H,21,22,24)/t14-/m0/s1. The molecule has 0 aliphatic rings. The van der Waals surface area contributed by atoms with Crippen molar-refractivity contribution < 1.29 is 0 Å². The highest BCUT2D eigenvalue weighted by atomic mass is 32.2. The smallest absolute Gasteiger partial charge is 0.259 e. The van der Waals surface area contributed by atoms with Crippen LogP contribution >= 0.6 is 23.1 Å². The number of nitrogens with zero attached hydrogens (tertiary/aromatic N) is 3. The maximum atomic E-state index is 12.5. The molecule has 0 amide bonds. The lowest BCUT2D eigenvalue weighted by Gasteiger charge is -2.15. The number of imidazole rings is 1. The third kappa shape index (κ3) is 3.47. The first-order valence-electron chi connectivity index (χ1n) is 8.89. The van der Waals surface area contributed by atoms with Gasteiger partial charge in [0.05, 0.1) is 16.3 Å². The van der Waals surface area contributed by atoms with Crippen molar-refractivity contribution in [1.82, 2.24) is 19.5 Å². The molecular weight excluding hydrogens is 364 g/mol. The third-order valence-corrected chi connectivity index (χ3v) is 6.90. The van der Waals surface area contributed by atoms with Crippen molar-refractivity contribution in [2.45, 2.75) is 65.4 Å². The summed E-state index contributed by atoms with van der Waals surface area (Å²) in [6.07, 6.45) is 0. The van der Waals surface area contributed by atoms with E-state index in [0.29, 0.717) is 11.7 Å². The fourth-order valence-electron chi connectivity index (χ4n) is 2.97. The van der Waals surface area contributed by atoms with Gasteiger partial charge in [-0.25, -0.2) is 9.97 Å². The number of aromatic amines is 1. The summed E-state index contributed by atoms with van der Waals surface area (Å²) >= 11 is 3.24. The van der Waals surface area contributed by atoms with Crippen LogP contribution in [-0.2, 0) is 6.54 Å². The summed E-state index contributed by atoms with van der Waals surface area (Å²) < 4.78 is 2.28. The van der Waals surface area contributed by atoms with Gasteiger partial charge in [0.15, 0.2) is 5.16 Å². The Morgan fingerprint density at radius 1 is 1.15 bits per heavy atom. The van der Waals surface area contributed by atoms with Gasteiger partial charge in [-0.2, -0.15) is 0 Å². The summed E-state index contributed by atoms with van der Waals surface area (Å²) in [6, 6.07) is 0. The van der Waals surface area contributed by atoms with E-state index in [4.69, 9.17) is 9.97 Å². The molecule has 26 heavy (non-hydrogen) atoms. The van der Waals surface area contributed by atoms with E-state index in [0.717, 1.165) is 38.1 Å². The fraction of sp³-hybridized carbons (Fsp3) is 0.526. The molecule has 3 rings (SSSR count). The molecule has 0 aromatic carbocycles. The molecule has 3 aromatic heterocycles. The topological polar surface area (TPSA) is 63.6 Å². The van der Waals surface area contributed by atoms with Gasteiger partial charge in [-0.05, 0) is 46.1 Å². The monoisotopic (exact) mass is 390 g/mol. The Balaban J connectivity index is 1.96. The quantitative estimate of drug-likeness (QED) is 0.628. The van der Waals surface area contributed by atoms with Gasteiger partial charge in [0.2, 0.25) is 0 Å². The second kappa shape index (κ2) is 7.19. The zero-order valence-electron chi connectivity index (χ0n) is 16.4. The van der Waals surface area contributed by atoms with E-state index in [1.165, 1.54) is 5.69 Å². The van der Waals surface area contributed by atoms with Crippen LogP contribution in [0.5, 0.6) is 0 Å². The Morgan fingerprint density at radius 2 is 1.85 bits per heavy atom. The molecule has 3 heterocycles. The third-order valence-electron chi connectivity index (χ3n) is 4.70. The summed E-state index contributed by atoms with van der Waals surface area (Å²) in [5, 5.41) is 1.73. The molecular formula is C19H26N4OS2. The molecule has 0 unspecified atom stereocenters. The van der Waals surface area contributed by atoms with Gasteiger partial charge in [0.25, 0.3) is 5.56 Å². The molecule has 1 N–H and O–H groups in total. The molecule has 0 saturated heterocycles. The number of hydrogen-bond donors (Lipinski definition) is 1. The lowest BCUT2D eigenvalue weighted by molar-refractivity contribution is 0.486. The first-order valence-corrected chi connectivity index (χ1v) is 10.6. The van der Waals surface area contributed by atoms with Gasteiger partial charge in [-0.1, -0.05) is 25.6 Å². The summed E-state index contributed by atoms with van der Waals surface area (Å²) in [5.74, 6) is 1.26. The predicted molar refractivity (Wildman–Crippen MR) is 111 cm³/mol. The molecule has 140 valence electrons. The van der Waals surface area contributed by atoms with Crippen LogP contribution in [0.15, 0.2) is 9.95 Å². The largest absolute Gasteiger partial charge is 0.323 e. The Bertz CT molecular complexity index is 1010. The highest BCUT2D eigenvalue weighted by Gasteiger charge is 2.20. The Morgan fingerprint density at radius 3 is 2.50 bits per heavy atom. The first kappa shape index (κ1) is 19.2. The average molecular weight is 391 g/mol. The van der Waals surface area contributed by atoms with Crippen LogP contribution in [0, 0.1) is 33.6 Å². The van der Waals surface area contributed by atoms with Gasteiger partial charge in [-0.3, -0.25) is 4.79 Å². The molecule has 7 heteroatoms. The minimum absolute atomic E-state index is 0.0157. The normalized spacial score (nSPS) is 13.1. The minimum atomic E-state index is -0.0443. The molecule has 0 bridgehead atoms. The van der Waals surface area contributed by atoms with E-state index < -0.39 is 0 Å². The zero-order chi connectivity index (χ0) is 19.2. The van der Waals surface area contributed by atoms with Gasteiger partial charge in [0, 0.05) is 17.1 Å². The Labute approximate surface area is 162 Å². The van der Waals surface area contributed by atoms with Crippen molar-refractivity contribution in [1.29, 1.82) is 0 Å². The predicted octanol–water partition coefficient (Wildman–Crippen LogP) is 4.92. The van der Waals surface area contributed by atoms with Crippen molar-refractivity contribution in [3.05, 3.63) is 38.0 Å². The number of aryl methyl sites for hydroxylation is 3. The number of aromatic nitrogens is 4. The molecule has 0 aliphatic carbocycles. The maximum Gasteiger partial charge on any atom is 0.259 e. The van der Waals surface area contributed by atoms with E-state index >= 15 is 0 Å². The number of fused-ring (bicyclic) bond motifs is 1. The number of thioether (sulfide) groups is 1. The molecule has 3 aromatic rings. The first-order chi connectivity index (χ1) is 12.2. The molecule has 1 atom stereocenters. The second-order valence-electron chi connectivity index (χ2n) is 7.24. The zero-order valence-corrected chi connectivity index (χ0v) is 18.1. The lowest BCUT2D eigenvalue weighted by atomic mass is 10.2. The summed E-state index contributed by atoms with van der Waals surface area (Å²) in [4.78, 5) is 27.0. The van der Waals surface area contributed by atoms with Crippen molar-refractivity contribution in [2.24, 2.45) is 5.92 Å². The van der Waals surface area contributed by atoms with Crippen LogP contribution in [0.4, 0.5) is 0 Å². The van der Waals surface area contributed by atoms with Crippen LogP contribution < -0.4 is 5.56 Å². The second-order valence-corrected chi connectivity index (χ2v) is 9.76. The average Bonchev–Trinajstić information content (AvgIpc) is 2.98. The highest BCUT2D eigenvalue weighted by Crippen LogP contribution is 2.35. The molecule has 0 saturated carbocycles. The van der Waals surface area contributed by atoms with E-state index in [1.807, 2.05) is 20.8 Å². The summed E-state index contributed by atoms with van der Waals surface area (Å²) in [7, 11) is 0. The maximum absolute atomic E-state index is 12.5. The SMILES string of the molecule is Cc1nc(S[C@@H](C)c2nc3sc(C)c(C)c3c(=O)[nH]2)n(CC(C)C)c1C. The van der Waals surface area contributed by atoms with E-state index in [2.05, 4.69) is 37.2 Å². The summed E-state index contributed by atoms with van der Waals surface area (Å²) in [6.45, 7) is 15.6. The van der Waals surface area contributed by atoms with Crippen LogP contribution in [-0.4, -0.2) is 19.5 Å². The van der Waals surface area contributed by atoms with Gasteiger partial charge >= 0.3 is 0 Å². The highest BCUT2D eigenvalue weighted by molar-refractivity contribution is 7.99.